The quantitative estimate of drug-likeness (QED) is 0.837. The first kappa shape index (κ1) is 15.6. The van der Waals surface area contributed by atoms with Crippen LogP contribution in [0.1, 0.15) is 40.0 Å². The third kappa shape index (κ3) is 4.63. The molecule has 0 spiro atoms. The molecule has 2 aliphatic rings. The largest absolute Gasteiger partial charge is 0.444 e. The number of carbonyl (C=O) groups is 1. The normalized spacial score (nSPS) is 26.0. The van der Waals surface area contributed by atoms with Crippen molar-refractivity contribution in [2.75, 3.05) is 32.7 Å². The van der Waals surface area contributed by atoms with Gasteiger partial charge in [0.15, 0.2) is 0 Å². The van der Waals surface area contributed by atoms with Crippen molar-refractivity contribution in [1.82, 2.24) is 9.80 Å². The molecule has 0 bridgehead atoms. The lowest BCUT2D eigenvalue weighted by Crippen LogP contribution is -2.43. The molecule has 0 aromatic rings. The summed E-state index contributed by atoms with van der Waals surface area (Å²) in [6.07, 6.45) is 3.10. The van der Waals surface area contributed by atoms with Crippen LogP contribution in [0.4, 0.5) is 4.79 Å². The Labute approximate surface area is 122 Å². The molecule has 0 aromatic carbocycles. The first-order valence-electron chi connectivity index (χ1n) is 7.79. The van der Waals surface area contributed by atoms with E-state index < -0.39 is 5.60 Å². The average Bonchev–Trinajstić information content (AvgIpc) is 2.73. The molecule has 116 valence electrons. The van der Waals surface area contributed by atoms with E-state index in [4.69, 9.17) is 10.5 Å². The Morgan fingerprint density at radius 1 is 1.20 bits per heavy atom. The third-order valence-electron chi connectivity index (χ3n) is 4.09. The number of nitrogens with zero attached hydrogens (tertiary/aromatic N) is 2. The minimum absolute atomic E-state index is 0.167. The number of rotatable bonds is 2. The number of piperidine rings is 1. The van der Waals surface area contributed by atoms with Gasteiger partial charge < -0.3 is 20.3 Å². The summed E-state index contributed by atoms with van der Waals surface area (Å²) in [5.41, 5.74) is 5.54. The summed E-state index contributed by atoms with van der Waals surface area (Å²) < 4.78 is 5.42. The van der Waals surface area contributed by atoms with Gasteiger partial charge in [-0.25, -0.2) is 4.79 Å². The van der Waals surface area contributed by atoms with Crippen molar-refractivity contribution >= 4 is 6.09 Å². The fraction of sp³-hybridized carbons (Fsp3) is 0.933. The minimum atomic E-state index is -0.403. The highest BCUT2D eigenvalue weighted by Gasteiger charge is 2.29. The molecule has 5 heteroatoms. The van der Waals surface area contributed by atoms with Crippen molar-refractivity contribution in [3.8, 4) is 0 Å². The number of amides is 1. The van der Waals surface area contributed by atoms with E-state index in [1.54, 1.807) is 0 Å². The summed E-state index contributed by atoms with van der Waals surface area (Å²) in [6.45, 7) is 10.7. The van der Waals surface area contributed by atoms with Crippen molar-refractivity contribution < 1.29 is 9.53 Å². The summed E-state index contributed by atoms with van der Waals surface area (Å²) in [4.78, 5) is 16.3. The van der Waals surface area contributed by atoms with E-state index in [-0.39, 0.29) is 6.09 Å². The van der Waals surface area contributed by atoms with Crippen LogP contribution >= 0.6 is 0 Å². The summed E-state index contributed by atoms with van der Waals surface area (Å²) in [7, 11) is 0. The van der Waals surface area contributed by atoms with Crippen molar-refractivity contribution in [2.45, 2.75) is 51.7 Å². The third-order valence-corrected chi connectivity index (χ3v) is 4.09. The molecular formula is C15H29N3O2. The van der Waals surface area contributed by atoms with Crippen LogP contribution < -0.4 is 5.73 Å². The van der Waals surface area contributed by atoms with Gasteiger partial charge in [0.05, 0.1) is 0 Å². The van der Waals surface area contributed by atoms with Crippen molar-refractivity contribution in [2.24, 2.45) is 11.7 Å². The lowest BCUT2D eigenvalue weighted by Gasteiger charge is -2.34. The van der Waals surface area contributed by atoms with Crippen molar-refractivity contribution in [1.29, 1.82) is 0 Å². The Balaban J connectivity index is 1.71. The second kappa shape index (κ2) is 6.31. The predicted molar refractivity (Wildman–Crippen MR) is 79.6 cm³/mol. The second-order valence-electron chi connectivity index (χ2n) is 7.22. The molecule has 2 N–H and O–H groups in total. The molecule has 2 fully saturated rings. The van der Waals surface area contributed by atoms with Crippen molar-refractivity contribution in [3.05, 3.63) is 0 Å². The Morgan fingerprint density at radius 2 is 1.85 bits per heavy atom. The van der Waals surface area contributed by atoms with Gasteiger partial charge in [-0.05, 0) is 52.5 Å². The SMILES string of the molecule is CC(C)(C)OC(=O)N1CCC(CN2CCC(N)C2)CC1. The van der Waals surface area contributed by atoms with E-state index in [1.807, 2.05) is 25.7 Å². The summed E-state index contributed by atoms with van der Waals surface area (Å²) >= 11 is 0. The molecule has 2 rings (SSSR count). The van der Waals surface area contributed by atoms with Crippen LogP contribution in [-0.4, -0.2) is 60.3 Å². The van der Waals surface area contributed by atoms with Gasteiger partial charge in [0.1, 0.15) is 5.60 Å². The zero-order chi connectivity index (χ0) is 14.8. The van der Waals surface area contributed by atoms with E-state index in [1.165, 1.54) is 0 Å². The van der Waals surface area contributed by atoms with E-state index in [0.29, 0.717) is 12.0 Å². The maximum absolute atomic E-state index is 12.0. The van der Waals surface area contributed by atoms with Gasteiger partial charge in [-0.2, -0.15) is 0 Å². The average molecular weight is 283 g/mol. The zero-order valence-corrected chi connectivity index (χ0v) is 13.1. The van der Waals surface area contributed by atoms with Crippen molar-refractivity contribution in [3.63, 3.8) is 0 Å². The molecule has 2 aliphatic heterocycles. The van der Waals surface area contributed by atoms with Gasteiger partial charge in [0, 0.05) is 32.2 Å². The monoisotopic (exact) mass is 283 g/mol. The molecule has 0 radical (unpaired) electrons. The van der Waals surface area contributed by atoms with E-state index in [0.717, 1.165) is 52.0 Å². The van der Waals surface area contributed by atoms with Gasteiger partial charge in [-0.1, -0.05) is 0 Å². The van der Waals surface area contributed by atoms with Crippen LogP contribution in [0.2, 0.25) is 0 Å². The lowest BCUT2D eigenvalue weighted by atomic mass is 9.96. The highest BCUT2D eigenvalue weighted by Crippen LogP contribution is 2.22. The number of hydrogen-bond acceptors (Lipinski definition) is 4. The lowest BCUT2D eigenvalue weighted by molar-refractivity contribution is 0.0172. The molecule has 0 aliphatic carbocycles. The number of ether oxygens (including phenoxy) is 1. The van der Waals surface area contributed by atoms with Gasteiger partial charge >= 0.3 is 6.09 Å². The highest BCUT2D eigenvalue weighted by atomic mass is 16.6. The molecule has 20 heavy (non-hydrogen) atoms. The van der Waals surface area contributed by atoms with Gasteiger partial charge in [0.25, 0.3) is 0 Å². The molecule has 2 heterocycles. The summed E-state index contributed by atoms with van der Waals surface area (Å²) in [6, 6.07) is 0.358. The van der Waals surface area contributed by atoms with Crippen LogP contribution in [-0.2, 0) is 4.74 Å². The molecule has 2 saturated heterocycles. The maximum Gasteiger partial charge on any atom is 0.410 e. The molecule has 1 unspecified atom stereocenters. The number of nitrogens with two attached hydrogens (primary N) is 1. The predicted octanol–water partition coefficient (Wildman–Crippen LogP) is 1.67. The first-order valence-corrected chi connectivity index (χ1v) is 7.79. The second-order valence-corrected chi connectivity index (χ2v) is 7.22. The Bertz CT molecular complexity index is 333. The van der Waals surface area contributed by atoms with Gasteiger partial charge in [-0.3, -0.25) is 0 Å². The van der Waals surface area contributed by atoms with Gasteiger partial charge in [0.2, 0.25) is 0 Å². The van der Waals surface area contributed by atoms with Gasteiger partial charge in [-0.15, -0.1) is 0 Å². The zero-order valence-electron chi connectivity index (χ0n) is 13.1. The fourth-order valence-electron chi connectivity index (χ4n) is 3.02. The maximum atomic E-state index is 12.0. The van der Waals surface area contributed by atoms with E-state index in [2.05, 4.69) is 4.90 Å². The molecule has 1 amide bonds. The Morgan fingerprint density at radius 3 is 2.35 bits per heavy atom. The Kier molecular flexibility index (Phi) is 4.91. The molecule has 0 saturated carbocycles. The first-order chi connectivity index (χ1) is 9.33. The van der Waals surface area contributed by atoms with E-state index in [9.17, 15) is 4.79 Å². The number of hydrogen-bond donors (Lipinski definition) is 1. The molecule has 0 aromatic heterocycles. The smallest absolute Gasteiger partial charge is 0.410 e. The summed E-state index contributed by atoms with van der Waals surface area (Å²) in [5.74, 6) is 0.694. The molecular weight excluding hydrogens is 254 g/mol. The van der Waals surface area contributed by atoms with Crippen LogP contribution in [0.5, 0.6) is 0 Å². The van der Waals surface area contributed by atoms with Crippen LogP contribution in [0, 0.1) is 5.92 Å². The molecule has 5 nitrogen and oxygen atoms in total. The highest BCUT2D eigenvalue weighted by molar-refractivity contribution is 5.68. The minimum Gasteiger partial charge on any atom is -0.444 e. The summed E-state index contributed by atoms with van der Waals surface area (Å²) in [5, 5.41) is 0. The topological polar surface area (TPSA) is 58.8 Å². The standard InChI is InChI=1S/C15H29N3O2/c1-15(2,3)20-14(19)18-8-4-12(5-9-18)10-17-7-6-13(16)11-17/h12-13H,4-11,16H2,1-3H3. The Hall–Kier alpha value is -0.810. The van der Waals surface area contributed by atoms with Crippen LogP contribution in [0.3, 0.4) is 0 Å². The van der Waals surface area contributed by atoms with Crippen LogP contribution in [0.15, 0.2) is 0 Å². The number of carbonyl (C=O) groups excluding carboxylic acids is 1. The number of likely N-dealkylation sites (tertiary alicyclic amines) is 2. The fourth-order valence-corrected chi connectivity index (χ4v) is 3.02. The van der Waals surface area contributed by atoms with E-state index >= 15 is 0 Å². The van der Waals surface area contributed by atoms with Crippen LogP contribution in [0.25, 0.3) is 0 Å². The molecule has 1 atom stereocenters.